The normalized spacial score (nSPS) is 11.1. The fourth-order valence-electron chi connectivity index (χ4n) is 1.26. The van der Waals surface area contributed by atoms with Crippen LogP contribution in [0.4, 0.5) is 22.4 Å². The second-order valence-electron chi connectivity index (χ2n) is 3.20. The van der Waals surface area contributed by atoms with E-state index in [1.54, 1.807) is 0 Å². The van der Waals surface area contributed by atoms with Crippen LogP contribution >= 0.6 is 0 Å². The fraction of sp³-hybridized carbons (Fsp3) is 0.300. The minimum atomic E-state index is -4.65. The first kappa shape index (κ1) is 13.3. The van der Waals surface area contributed by atoms with Crippen LogP contribution in [0.1, 0.15) is 11.1 Å². The molecule has 2 amide bonds. The van der Waals surface area contributed by atoms with Crippen molar-refractivity contribution < 1.29 is 22.4 Å². The van der Waals surface area contributed by atoms with E-state index in [0.29, 0.717) is 0 Å². The van der Waals surface area contributed by atoms with Gasteiger partial charge in [-0.2, -0.15) is 13.2 Å². The molecule has 0 aliphatic carbocycles. The maximum absolute atomic E-state index is 13.3. The minimum absolute atomic E-state index is 0.527. The largest absolute Gasteiger partial charge is 0.416 e. The number of hydrogen-bond acceptors (Lipinski definition) is 1. The van der Waals surface area contributed by atoms with Crippen molar-refractivity contribution in [3.05, 3.63) is 35.1 Å². The lowest BCUT2D eigenvalue weighted by atomic mass is 10.1. The fourth-order valence-corrected chi connectivity index (χ4v) is 1.26. The lowest BCUT2D eigenvalue weighted by molar-refractivity contribution is -0.138. The smallest absolute Gasteiger partial charge is 0.341 e. The van der Waals surface area contributed by atoms with Crippen LogP contribution in [0.15, 0.2) is 18.2 Å². The van der Waals surface area contributed by atoms with Crippen LogP contribution in [0, 0.1) is 5.82 Å². The van der Waals surface area contributed by atoms with Crippen LogP contribution in [0.3, 0.4) is 0 Å². The number of nitrogens with one attached hydrogen (secondary N) is 2. The van der Waals surface area contributed by atoms with Gasteiger partial charge in [0.05, 0.1) is 5.56 Å². The standard InChI is InChI=1S/C10H10F4N2O/c1-15-9(17)16-5-6-7(10(12,13)14)3-2-4-8(6)11/h2-4H,5H2,1H3,(H2,15,16,17). The van der Waals surface area contributed by atoms with Crippen molar-refractivity contribution in [3.8, 4) is 0 Å². The molecule has 0 heterocycles. The monoisotopic (exact) mass is 250 g/mol. The van der Waals surface area contributed by atoms with Gasteiger partial charge in [-0.1, -0.05) is 6.07 Å². The summed E-state index contributed by atoms with van der Waals surface area (Å²) in [6.45, 7) is -0.527. The average molecular weight is 250 g/mol. The van der Waals surface area contributed by atoms with Crippen LogP contribution in [0.5, 0.6) is 0 Å². The zero-order chi connectivity index (χ0) is 13.1. The van der Waals surface area contributed by atoms with Gasteiger partial charge in [-0.3, -0.25) is 0 Å². The van der Waals surface area contributed by atoms with E-state index >= 15 is 0 Å². The molecular formula is C10H10F4N2O. The highest BCUT2D eigenvalue weighted by atomic mass is 19.4. The molecule has 94 valence electrons. The van der Waals surface area contributed by atoms with E-state index in [0.717, 1.165) is 18.2 Å². The lowest BCUT2D eigenvalue weighted by Gasteiger charge is -2.13. The van der Waals surface area contributed by atoms with Gasteiger partial charge in [-0.05, 0) is 12.1 Å². The van der Waals surface area contributed by atoms with Crippen molar-refractivity contribution >= 4 is 6.03 Å². The van der Waals surface area contributed by atoms with E-state index in [-0.39, 0.29) is 0 Å². The molecule has 0 saturated heterocycles. The van der Waals surface area contributed by atoms with Gasteiger partial charge in [-0.25, -0.2) is 9.18 Å². The summed E-state index contributed by atoms with van der Waals surface area (Å²) in [4.78, 5) is 10.8. The molecule has 1 rings (SSSR count). The summed E-state index contributed by atoms with van der Waals surface area (Å²) in [5, 5.41) is 4.27. The number of halogens is 4. The third kappa shape index (κ3) is 3.33. The number of carbonyl (C=O) groups is 1. The zero-order valence-electron chi connectivity index (χ0n) is 8.86. The van der Waals surface area contributed by atoms with Gasteiger partial charge in [0, 0.05) is 19.2 Å². The molecule has 1 aromatic rings. The summed E-state index contributed by atoms with van der Waals surface area (Å²) in [5.74, 6) is -1.00. The summed E-state index contributed by atoms with van der Waals surface area (Å²) >= 11 is 0. The van der Waals surface area contributed by atoms with Crippen molar-refractivity contribution in [2.45, 2.75) is 12.7 Å². The van der Waals surface area contributed by atoms with Crippen LogP contribution in [0.2, 0.25) is 0 Å². The number of urea groups is 1. The van der Waals surface area contributed by atoms with Gasteiger partial charge in [0.2, 0.25) is 0 Å². The third-order valence-electron chi connectivity index (χ3n) is 2.08. The molecule has 3 nitrogen and oxygen atoms in total. The Kier molecular flexibility index (Phi) is 3.93. The predicted octanol–water partition coefficient (Wildman–Crippen LogP) is 2.27. The Bertz CT molecular complexity index is 417. The van der Waals surface area contributed by atoms with E-state index in [1.807, 2.05) is 0 Å². The van der Waals surface area contributed by atoms with E-state index in [2.05, 4.69) is 10.6 Å². The van der Waals surface area contributed by atoms with Gasteiger partial charge in [0.1, 0.15) is 5.82 Å². The molecule has 1 aromatic carbocycles. The molecule has 0 aromatic heterocycles. The number of benzene rings is 1. The predicted molar refractivity (Wildman–Crippen MR) is 52.7 cm³/mol. The SMILES string of the molecule is CNC(=O)NCc1c(F)cccc1C(F)(F)F. The van der Waals surface area contributed by atoms with E-state index in [1.165, 1.54) is 7.05 Å². The number of rotatable bonds is 2. The molecule has 17 heavy (non-hydrogen) atoms. The number of carbonyl (C=O) groups excluding carboxylic acids is 1. The Morgan fingerprint density at radius 2 is 2.00 bits per heavy atom. The minimum Gasteiger partial charge on any atom is -0.341 e. The van der Waals surface area contributed by atoms with Crippen LogP contribution in [-0.2, 0) is 12.7 Å². The molecule has 0 atom stereocenters. The van der Waals surface area contributed by atoms with Gasteiger partial charge in [0.25, 0.3) is 0 Å². The summed E-state index contributed by atoms with van der Waals surface area (Å²) in [5.41, 5.74) is -1.67. The highest BCUT2D eigenvalue weighted by Crippen LogP contribution is 2.32. The summed E-state index contributed by atoms with van der Waals surface area (Å²) in [6, 6.07) is 1.98. The Balaban J connectivity index is 3.00. The number of alkyl halides is 3. The summed E-state index contributed by atoms with van der Waals surface area (Å²) < 4.78 is 50.9. The molecule has 0 radical (unpaired) electrons. The highest BCUT2D eigenvalue weighted by molar-refractivity contribution is 5.73. The Morgan fingerprint density at radius 1 is 1.35 bits per heavy atom. The molecule has 0 aliphatic rings. The van der Waals surface area contributed by atoms with Gasteiger partial charge in [-0.15, -0.1) is 0 Å². The number of hydrogen-bond donors (Lipinski definition) is 2. The first-order chi connectivity index (χ1) is 7.86. The molecule has 0 spiro atoms. The average Bonchev–Trinajstić information content (AvgIpc) is 2.25. The Morgan fingerprint density at radius 3 is 2.53 bits per heavy atom. The molecule has 2 N–H and O–H groups in total. The maximum Gasteiger partial charge on any atom is 0.416 e. The van der Waals surface area contributed by atoms with Crippen LogP contribution in [-0.4, -0.2) is 13.1 Å². The van der Waals surface area contributed by atoms with Gasteiger partial charge < -0.3 is 10.6 Å². The summed E-state index contributed by atoms with van der Waals surface area (Å²) in [6.07, 6.45) is -4.65. The zero-order valence-corrected chi connectivity index (χ0v) is 8.86. The molecule has 0 fully saturated rings. The number of amides is 2. The molecule has 0 saturated carbocycles. The van der Waals surface area contributed by atoms with Crippen molar-refractivity contribution in [3.63, 3.8) is 0 Å². The van der Waals surface area contributed by atoms with E-state index in [9.17, 15) is 22.4 Å². The molecule has 0 unspecified atom stereocenters. The van der Waals surface area contributed by atoms with E-state index < -0.39 is 35.7 Å². The lowest BCUT2D eigenvalue weighted by Crippen LogP contribution is -2.33. The third-order valence-corrected chi connectivity index (χ3v) is 2.08. The maximum atomic E-state index is 13.3. The first-order valence-corrected chi connectivity index (χ1v) is 4.66. The first-order valence-electron chi connectivity index (χ1n) is 4.66. The van der Waals surface area contributed by atoms with Crippen LogP contribution < -0.4 is 10.6 Å². The van der Waals surface area contributed by atoms with Crippen molar-refractivity contribution in [2.75, 3.05) is 7.05 Å². The second-order valence-corrected chi connectivity index (χ2v) is 3.20. The summed E-state index contributed by atoms with van der Waals surface area (Å²) in [7, 11) is 1.31. The Labute approximate surface area is 94.8 Å². The highest BCUT2D eigenvalue weighted by Gasteiger charge is 2.34. The topological polar surface area (TPSA) is 41.1 Å². The van der Waals surface area contributed by atoms with Gasteiger partial charge in [0.15, 0.2) is 0 Å². The van der Waals surface area contributed by atoms with Crippen molar-refractivity contribution in [1.29, 1.82) is 0 Å². The molecule has 0 bridgehead atoms. The Hall–Kier alpha value is -1.79. The second kappa shape index (κ2) is 5.03. The van der Waals surface area contributed by atoms with Crippen molar-refractivity contribution in [2.24, 2.45) is 0 Å². The molecule has 7 heteroatoms. The van der Waals surface area contributed by atoms with E-state index in [4.69, 9.17) is 0 Å². The van der Waals surface area contributed by atoms with Crippen LogP contribution in [0.25, 0.3) is 0 Å². The quantitative estimate of drug-likeness (QED) is 0.777. The molecule has 0 aliphatic heterocycles. The molecular weight excluding hydrogens is 240 g/mol. The van der Waals surface area contributed by atoms with Gasteiger partial charge >= 0.3 is 12.2 Å². The van der Waals surface area contributed by atoms with Crippen molar-refractivity contribution in [1.82, 2.24) is 10.6 Å².